The topological polar surface area (TPSA) is 46.9 Å². The van der Waals surface area contributed by atoms with Gasteiger partial charge in [-0.05, 0) is 25.8 Å². The highest BCUT2D eigenvalue weighted by Gasteiger charge is 2.14. The summed E-state index contributed by atoms with van der Waals surface area (Å²) in [5.41, 5.74) is 3.13. The Balaban J connectivity index is 2.03. The maximum atomic E-state index is 12.2. The van der Waals surface area contributed by atoms with Crippen LogP contribution in [0.2, 0.25) is 5.02 Å². The lowest BCUT2D eigenvalue weighted by Gasteiger charge is -2.18. The predicted octanol–water partition coefficient (Wildman–Crippen LogP) is 3.42. The number of carbonyl (C=O) groups excluding carboxylic acids is 1. The van der Waals surface area contributed by atoms with Crippen molar-refractivity contribution in [2.45, 2.75) is 39.8 Å². The number of benzene rings is 1. The highest BCUT2D eigenvalue weighted by molar-refractivity contribution is 6.31. The molecule has 0 fully saturated rings. The summed E-state index contributed by atoms with van der Waals surface area (Å²) in [7, 11) is 0. The lowest BCUT2D eigenvalue weighted by molar-refractivity contribution is -0.122. The van der Waals surface area contributed by atoms with Gasteiger partial charge in [-0.2, -0.15) is 5.10 Å². The monoisotopic (exact) mass is 305 g/mol. The Labute approximate surface area is 130 Å². The van der Waals surface area contributed by atoms with Crippen molar-refractivity contribution in [2.75, 3.05) is 0 Å². The van der Waals surface area contributed by atoms with Crippen LogP contribution < -0.4 is 5.32 Å². The third-order valence-electron chi connectivity index (χ3n) is 3.56. The first kappa shape index (κ1) is 15.6. The van der Waals surface area contributed by atoms with E-state index in [0.29, 0.717) is 5.02 Å². The largest absolute Gasteiger partial charge is 0.348 e. The molecule has 0 aliphatic heterocycles. The third kappa shape index (κ3) is 3.85. The first-order valence-corrected chi connectivity index (χ1v) is 7.43. The molecule has 2 rings (SSSR count). The Morgan fingerprint density at radius 3 is 2.52 bits per heavy atom. The van der Waals surface area contributed by atoms with Gasteiger partial charge in [0.25, 0.3) is 0 Å². The second-order valence-corrected chi connectivity index (χ2v) is 5.58. The number of aryl methyl sites for hydroxylation is 1. The Morgan fingerprint density at radius 1 is 1.33 bits per heavy atom. The summed E-state index contributed by atoms with van der Waals surface area (Å²) in [5, 5.41) is 7.72. The molecule has 0 radical (unpaired) electrons. The van der Waals surface area contributed by atoms with E-state index in [4.69, 9.17) is 11.6 Å². The second kappa shape index (κ2) is 6.76. The molecule has 2 aromatic rings. The van der Waals surface area contributed by atoms with Gasteiger partial charge in [0.15, 0.2) is 0 Å². The molecule has 0 aliphatic carbocycles. The average molecular weight is 306 g/mol. The van der Waals surface area contributed by atoms with E-state index >= 15 is 0 Å². The molecule has 1 heterocycles. The van der Waals surface area contributed by atoms with Crippen molar-refractivity contribution < 1.29 is 4.79 Å². The Morgan fingerprint density at radius 2 is 2.00 bits per heavy atom. The molecule has 1 aromatic carbocycles. The third-order valence-corrected chi connectivity index (χ3v) is 3.93. The molecule has 112 valence electrons. The molecular formula is C16H20ClN3O. The van der Waals surface area contributed by atoms with Crippen LogP contribution in [0.1, 0.15) is 36.2 Å². The fourth-order valence-corrected chi connectivity index (χ4v) is 2.32. The molecule has 21 heavy (non-hydrogen) atoms. The van der Waals surface area contributed by atoms with E-state index in [9.17, 15) is 4.79 Å². The highest BCUT2D eigenvalue weighted by Crippen LogP contribution is 2.17. The molecule has 5 heteroatoms. The van der Waals surface area contributed by atoms with Gasteiger partial charge in [-0.1, -0.05) is 48.4 Å². The van der Waals surface area contributed by atoms with Crippen molar-refractivity contribution in [1.29, 1.82) is 0 Å². The van der Waals surface area contributed by atoms with Crippen LogP contribution in [0.25, 0.3) is 0 Å². The molecule has 4 nitrogen and oxygen atoms in total. The van der Waals surface area contributed by atoms with Crippen LogP contribution in [-0.4, -0.2) is 15.7 Å². The molecule has 0 bridgehead atoms. The quantitative estimate of drug-likeness (QED) is 0.920. The smallest absolute Gasteiger partial charge is 0.242 e. The average Bonchev–Trinajstić information content (AvgIpc) is 2.78. The number of hydrogen-bond donors (Lipinski definition) is 1. The second-order valence-electron chi connectivity index (χ2n) is 5.17. The lowest BCUT2D eigenvalue weighted by Crippen LogP contribution is -2.31. The van der Waals surface area contributed by atoms with Crippen molar-refractivity contribution in [3.8, 4) is 0 Å². The van der Waals surface area contributed by atoms with Gasteiger partial charge in [0.1, 0.15) is 6.54 Å². The minimum atomic E-state index is -0.0645. The van der Waals surface area contributed by atoms with Gasteiger partial charge in [-0.25, -0.2) is 0 Å². The maximum absolute atomic E-state index is 12.2. The Kier molecular flexibility index (Phi) is 5.02. The van der Waals surface area contributed by atoms with E-state index in [1.807, 2.05) is 13.8 Å². The number of nitrogens with zero attached hydrogens (tertiary/aromatic N) is 2. The van der Waals surface area contributed by atoms with Gasteiger partial charge < -0.3 is 5.32 Å². The van der Waals surface area contributed by atoms with E-state index in [1.54, 1.807) is 10.9 Å². The summed E-state index contributed by atoms with van der Waals surface area (Å²) in [6, 6.07) is 8.24. The van der Waals surface area contributed by atoms with E-state index in [-0.39, 0.29) is 18.5 Å². The summed E-state index contributed by atoms with van der Waals surface area (Å²) in [6.07, 6.45) is 2.40. The summed E-state index contributed by atoms with van der Waals surface area (Å²) in [5.74, 6) is -0.0645. The summed E-state index contributed by atoms with van der Waals surface area (Å²) < 4.78 is 1.61. The number of carbonyl (C=O) groups is 1. The molecule has 1 N–H and O–H groups in total. The number of nitrogens with one attached hydrogen (secondary N) is 1. The van der Waals surface area contributed by atoms with Gasteiger partial charge in [0.05, 0.1) is 23.0 Å². The van der Waals surface area contributed by atoms with E-state index < -0.39 is 0 Å². The van der Waals surface area contributed by atoms with E-state index in [2.05, 4.69) is 41.6 Å². The number of aromatic nitrogens is 2. The van der Waals surface area contributed by atoms with Gasteiger partial charge in [-0.3, -0.25) is 9.48 Å². The molecular weight excluding hydrogens is 286 g/mol. The van der Waals surface area contributed by atoms with Crippen LogP contribution >= 0.6 is 11.6 Å². The van der Waals surface area contributed by atoms with Crippen molar-refractivity contribution in [3.05, 3.63) is 52.3 Å². The van der Waals surface area contributed by atoms with Crippen molar-refractivity contribution in [1.82, 2.24) is 15.1 Å². The van der Waals surface area contributed by atoms with Gasteiger partial charge >= 0.3 is 0 Å². The molecule has 1 unspecified atom stereocenters. The van der Waals surface area contributed by atoms with Crippen LogP contribution in [0, 0.1) is 13.8 Å². The SMILES string of the molecule is CCC(NC(=O)Cn1ncc(Cl)c1C)c1ccc(C)cc1. The summed E-state index contributed by atoms with van der Waals surface area (Å²) in [4.78, 5) is 12.2. The molecule has 1 amide bonds. The van der Waals surface area contributed by atoms with Gasteiger partial charge in [0.2, 0.25) is 5.91 Å². The first-order valence-electron chi connectivity index (χ1n) is 7.05. The zero-order chi connectivity index (χ0) is 15.4. The fourth-order valence-electron chi connectivity index (χ4n) is 2.18. The molecule has 0 saturated carbocycles. The first-order chi connectivity index (χ1) is 10.0. The Bertz CT molecular complexity index is 619. The normalized spacial score (nSPS) is 12.2. The molecule has 1 aromatic heterocycles. The van der Waals surface area contributed by atoms with Crippen molar-refractivity contribution in [3.63, 3.8) is 0 Å². The molecule has 0 aliphatic rings. The van der Waals surface area contributed by atoms with E-state index in [1.165, 1.54) is 5.56 Å². The standard InChI is InChI=1S/C16H20ClN3O/c1-4-15(13-7-5-11(2)6-8-13)19-16(21)10-20-12(3)14(17)9-18-20/h5-9,15H,4,10H2,1-3H3,(H,19,21). The molecule has 1 atom stereocenters. The zero-order valence-electron chi connectivity index (χ0n) is 12.6. The minimum Gasteiger partial charge on any atom is -0.348 e. The van der Waals surface area contributed by atoms with Crippen LogP contribution in [0.5, 0.6) is 0 Å². The van der Waals surface area contributed by atoms with Crippen LogP contribution in [0.3, 0.4) is 0 Å². The fraction of sp³-hybridized carbons (Fsp3) is 0.375. The minimum absolute atomic E-state index is 0.0180. The van der Waals surface area contributed by atoms with Gasteiger partial charge in [0, 0.05) is 0 Å². The zero-order valence-corrected chi connectivity index (χ0v) is 13.3. The molecule has 0 spiro atoms. The number of halogens is 1. The van der Waals surface area contributed by atoms with Crippen molar-refractivity contribution >= 4 is 17.5 Å². The van der Waals surface area contributed by atoms with Crippen molar-refractivity contribution in [2.24, 2.45) is 0 Å². The summed E-state index contributed by atoms with van der Waals surface area (Å²) in [6.45, 7) is 6.13. The lowest BCUT2D eigenvalue weighted by atomic mass is 10.0. The van der Waals surface area contributed by atoms with E-state index in [0.717, 1.165) is 17.7 Å². The van der Waals surface area contributed by atoms with Crippen LogP contribution in [-0.2, 0) is 11.3 Å². The number of amides is 1. The Hall–Kier alpha value is -1.81. The van der Waals surface area contributed by atoms with Crippen LogP contribution in [0.4, 0.5) is 0 Å². The number of rotatable bonds is 5. The molecule has 0 saturated heterocycles. The predicted molar refractivity (Wildman–Crippen MR) is 84.3 cm³/mol. The maximum Gasteiger partial charge on any atom is 0.242 e. The number of hydrogen-bond acceptors (Lipinski definition) is 2. The summed E-state index contributed by atoms with van der Waals surface area (Å²) >= 11 is 5.94. The van der Waals surface area contributed by atoms with Crippen LogP contribution in [0.15, 0.2) is 30.5 Å². The van der Waals surface area contributed by atoms with Gasteiger partial charge in [-0.15, -0.1) is 0 Å². The highest BCUT2D eigenvalue weighted by atomic mass is 35.5.